The van der Waals surface area contributed by atoms with Crippen LogP contribution in [0.5, 0.6) is 17.2 Å². The Morgan fingerprint density at radius 1 is 1.00 bits per heavy atom. The van der Waals surface area contributed by atoms with E-state index in [0.29, 0.717) is 31.9 Å². The van der Waals surface area contributed by atoms with Gasteiger partial charge in [-0.15, -0.1) is 0 Å². The first-order valence-corrected chi connectivity index (χ1v) is 10.4. The molecule has 0 aliphatic carbocycles. The Morgan fingerprint density at radius 2 is 1.69 bits per heavy atom. The van der Waals surface area contributed by atoms with Gasteiger partial charge in [-0.1, -0.05) is 0 Å². The lowest BCUT2D eigenvalue weighted by atomic mass is 10.2. The third-order valence-electron chi connectivity index (χ3n) is 5.18. The topological polar surface area (TPSA) is 106 Å². The number of carbonyl (C=O) groups excluding carboxylic acids is 1. The van der Waals surface area contributed by atoms with Crippen LogP contribution in [0.25, 0.3) is 0 Å². The summed E-state index contributed by atoms with van der Waals surface area (Å²) in [6, 6.07) is 11.5. The number of anilines is 1. The molecule has 1 aliphatic rings. The zero-order valence-corrected chi connectivity index (χ0v) is 18.3. The smallest absolute Gasteiger partial charge is 0.317 e. The van der Waals surface area contributed by atoms with E-state index in [2.05, 4.69) is 10.2 Å². The zero-order chi connectivity index (χ0) is 22.9. The molecular weight excluding hydrogens is 416 g/mol. The van der Waals surface area contributed by atoms with Gasteiger partial charge in [0, 0.05) is 62.2 Å². The number of nitrogens with zero attached hydrogens (tertiary/aromatic N) is 3. The number of nitrogens with one attached hydrogen (secondary N) is 1. The zero-order valence-electron chi connectivity index (χ0n) is 18.3. The van der Waals surface area contributed by atoms with Crippen molar-refractivity contribution in [3.05, 3.63) is 52.6 Å². The van der Waals surface area contributed by atoms with E-state index in [9.17, 15) is 14.9 Å². The molecule has 0 aromatic heterocycles. The van der Waals surface area contributed by atoms with Crippen LogP contribution in [0.4, 0.5) is 16.2 Å². The minimum atomic E-state index is -0.461. The molecule has 3 rings (SSSR count). The van der Waals surface area contributed by atoms with E-state index in [0.717, 1.165) is 30.2 Å². The van der Waals surface area contributed by atoms with E-state index in [1.54, 1.807) is 19.1 Å². The summed E-state index contributed by atoms with van der Waals surface area (Å²) in [5, 5.41) is 13.5. The molecule has 1 heterocycles. The van der Waals surface area contributed by atoms with Crippen molar-refractivity contribution in [1.29, 1.82) is 0 Å². The molecule has 1 aliphatic heterocycles. The van der Waals surface area contributed by atoms with Gasteiger partial charge in [-0.05, 0) is 18.6 Å². The van der Waals surface area contributed by atoms with Gasteiger partial charge in [0.25, 0.3) is 5.69 Å². The average Bonchev–Trinajstić information content (AvgIpc) is 3.08. The van der Waals surface area contributed by atoms with Gasteiger partial charge < -0.3 is 29.3 Å². The Hall–Kier alpha value is -3.69. The van der Waals surface area contributed by atoms with Crippen LogP contribution in [0.3, 0.4) is 0 Å². The summed E-state index contributed by atoms with van der Waals surface area (Å²) in [5.41, 5.74) is 1.01. The van der Waals surface area contributed by atoms with Crippen molar-refractivity contribution in [2.24, 2.45) is 0 Å². The van der Waals surface area contributed by atoms with E-state index in [1.807, 2.05) is 18.2 Å². The number of nitro benzene ring substituents is 1. The average molecular weight is 444 g/mol. The van der Waals surface area contributed by atoms with Gasteiger partial charge in [0.1, 0.15) is 23.9 Å². The number of hydrogen-bond acceptors (Lipinski definition) is 7. The fourth-order valence-electron chi connectivity index (χ4n) is 3.46. The summed E-state index contributed by atoms with van der Waals surface area (Å²) in [7, 11) is 3.25. The highest BCUT2D eigenvalue weighted by Gasteiger charge is 2.20. The second kappa shape index (κ2) is 11.1. The van der Waals surface area contributed by atoms with Crippen molar-refractivity contribution in [1.82, 2.24) is 10.2 Å². The van der Waals surface area contributed by atoms with Crippen LogP contribution in [-0.4, -0.2) is 69.4 Å². The molecule has 172 valence electrons. The Bertz CT molecular complexity index is 899. The molecule has 1 fully saturated rings. The van der Waals surface area contributed by atoms with E-state index >= 15 is 0 Å². The number of ether oxygens (including phenoxy) is 3. The molecule has 0 spiro atoms. The molecule has 2 aromatic rings. The number of non-ortho nitro benzene ring substituents is 1. The predicted molar refractivity (Wildman–Crippen MR) is 120 cm³/mol. The second-order valence-electron chi connectivity index (χ2n) is 7.23. The summed E-state index contributed by atoms with van der Waals surface area (Å²) >= 11 is 0. The third kappa shape index (κ3) is 6.16. The normalized spacial score (nSPS) is 13.8. The molecule has 10 nitrogen and oxygen atoms in total. The van der Waals surface area contributed by atoms with Crippen molar-refractivity contribution in [3.63, 3.8) is 0 Å². The van der Waals surface area contributed by atoms with E-state index in [4.69, 9.17) is 14.2 Å². The number of amides is 2. The molecule has 0 bridgehead atoms. The molecule has 1 saturated heterocycles. The lowest BCUT2D eigenvalue weighted by Gasteiger charge is -2.24. The van der Waals surface area contributed by atoms with E-state index in [1.165, 1.54) is 24.3 Å². The molecule has 0 radical (unpaired) electrons. The quantitative estimate of drug-likeness (QED) is 0.379. The van der Waals surface area contributed by atoms with Crippen molar-refractivity contribution < 1.29 is 23.9 Å². The van der Waals surface area contributed by atoms with Crippen LogP contribution in [0, 0.1) is 10.1 Å². The molecule has 2 aromatic carbocycles. The molecule has 2 amide bonds. The second-order valence-corrected chi connectivity index (χ2v) is 7.23. The third-order valence-corrected chi connectivity index (χ3v) is 5.18. The maximum atomic E-state index is 12.6. The summed E-state index contributed by atoms with van der Waals surface area (Å²) in [4.78, 5) is 26.8. The van der Waals surface area contributed by atoms with Gasteiger partial charge in [0.2, 0.25) is 0 Å². The monoisotopic (exact) mass is 444 g/mol. The number of methoxy groups -OCH3 is 2. The molecule has 0 saturated carbocycles. The molecular formula is C22H28N4O6. The lowest BCUT2D eigenvalue weighted by molar-refractivity contribution is -0.384. The summed E-state index contributed by atoms with van der Waals surface area (Å²) in [6.45, 7) is 3.38. The van der Waals surface area contributed by atoms with E-state index < -0.39 is 4.92 Å². The van der Waals surface area contributed by atoms with Crippen LogP contribution in [0.1, 0.15) is 6.42 Å². The number of carbonyl (C=O) groups is 1. The van der Waals surface area contributed by atoms with Crippen LogP contribution in [0.15, 0.2) is 42.5 Å². The molecule has 10 heteroatoms. The van der Waals surface area contributed by atoms with E-state index in [-0.39, 0.29) is 18.3 Å². The molecule has 32 heavy (non-hydrogen) atoms. The maximum absolute atomic E-state index is 12.6. The Kier molecular flexibility index (Phi) is 7.96. The molecule has 0 atom stereocenters. The minimum absolute atomic E-state index is 0.00764. The van der Waals surface area contributed by atoms with Gasteiger partial charge in [0.15, 0.2) is 0 Å². The van der Waals surface area contributed by atoms with Crippen LogP contribution < -0.4 is 24.4 Å². The maximum Gasteiger partial charge on any atom is 0.317 e. The fourth-order valence-corrected chi connectivity index (χ4v) is 3.46. The highest BCUT2D eigenvalue weighted by atomic mass is 16.6. The Morgan fingerprint density at radius 3 is 2.31 bits per heavy atom. The van der Waals surface area contributed by atoms with Crippen LogP contribution >= 0.6 is 0 Å². The lowest BCUT2D eigenvalue weighted by Crippen LogP contribution is -2.43. The molecule has 1 N–H and O–H groups in total. The highest BCUT2D eigenvalue weighted by Crippen LogP contribution is 2.29. The first-order valence-electron chi connectivity index (χ1n) is 10.4. The van der Waals surface area contributed by atoms with Gasteiger partial charge in [-0.2, -0.15) is 0 Å². The standard InChI is InChI=1S/C22H28N4O6/c1-30-20-14-18(15-21(16-20)31-2)24-9-3-10-25(12-11-24)22(27)23-8-13-32-19-6-4-17(5-7-19)26(28)29/h4-7,14-16H,3,8-13H2,1-2H3,(H,23,27). The largest absolute Gasteiger partial charge is 0.497 e. The summed E-state index contributed by atoms with van der Waals surface area (Å²) in [6.07, 6.45) is 0.840. The number of benzene rings is 2. The number of rotatable bonds is 8. The van der Waals surface area contributed by atoms with Crippen molar-refractivity contribution >= 4 is 17.4 Å². The minimum Gasteiger partial charge on any atom is -0.497 e. The van der Waals surface area contributed by atoms with Crippen molar-refractivity contribution in [2.45, 2.75) is 6.42 Å². The van der Waals surface area contributed by atoms with Crippen molar-refractivity contribution in [2.75, 3.05) is 58.5 Å². The first-order chi connectivity index (χ1) is 15.5. The van der Waals surface area contributed by atoms with Gasteiger partial charge >= 0.3 is 6.03 Å². The fraction of sp³-hybridized carbons (Fsp3) is 0.409. The Labute approximate surface area is 186 Å². The predicted octanol–water partition coefficient (Wildman–Crippen LogP) is 2.91. The number of urea groups is 1. The number of nitro groups is 1. The number of hydrogen-bond donors (Lipinski definition) is 1. The summed E-state index contributed by atoms with van der Waals surface area (Å²) in [5.74, 6) is 1.97. The van der Waals surface area contributed by atoms with Gasteiger partial charge in [-0.25, -0.2) is 4.79 Å². The van der Waals surface area contributed by atoms with Gasteiger partial charge in [-0.3, -0.25) is 10.1 Å². The van der Waals surface area contributed by atoms with Crippen LogP contribution in [-0.2, 0) is 0 Å². The van der Waals surface area contributed by atoms with Crippen LogP contribution in [0.2, 0.25) is 0 Å². The first kappa shape index (κ1) is 23.0. The SMILES string of the molecule is COc1cc(OC)cc(N2CCCN(C(=O)NCCOc3ccc([N+](=O)[O-])cc3)CC2)c1. The summed E-state index contributed by atoms with van der Waals surface area (Å²) < 4.78 is 16.3. The van der Waals surface area contributed by atoms with Crippen molar-refractivity contribution in [3.8, 4) is 17.2 Å². The molecule has 0 unspecified atom stereocenters. The van der Waals surface area contributed by atoms with Gasteiger partial charge in [0.05, 0.1) is 25.7 Å². The highest BCUT2D eigenvalue weighted by molar-refractivity contribution is 5.74. The Balaban J connectivity index is 1.45.